The first kappa shape index (κ1) is 18.6. The second-order valence-electron chi connectivity index (χ2n) is 4.75. The highest BCUT2D eigenvalue weighted by Crippen LogP contribution is 2.35. The minimum atomic E-state index is -6.03. The Balaban J connectivity index is 5.03. The number of hydrogen-bond acceptors (Lipinski definition) is 3. The summed E-state index contributed by atoms with van der Waals surface area (Å²) in [6, 6.07) is -1.59. The third-order valence-corrected chi connectivity index (χ3v) is 2.20. The molecule has 0 spiro atoms. The van der Waals surface area contributed by atoms with Crippen molar-refractivity contribution in [1.82, 2.24) is 5.32 Å². The number of amides is 1. The summed E-state index contributed by atoms with van der Waals surface area (Å²) in [7, 11) is 0. The fourth-order valence-electron chi connectivity index (χ4n) is 1.16. The van der Waals surface area contributed by atoms with Gasteiger partial charge in [-0.05, 0) is 19.8 Å². The van der Waals surface area contributed by atoms with Crippen molar-refractivity contribution in [3.63, 3.8) is 0 Å². The monoisotopic (exact) mass is 305 g/mol. The van der Waals surface area contributed by atoms with Gasteiger partial charge in [0.2, 0.25) is 0 Å². The van der Waals surface area contributed by atoms with Crippen LogP contribution in [0.4, 0.5) is 22.0 Å². The molecule has 0 fully saturated rings. The maximum atomic E-state index is 12.8. The van der Waals surface area contributed by atoms with Crippen molar-refractivity contribution in [1.29, 1.82) is 0 Å². The molecule has 0 aliphatic carbocycles. The lowest BCUT2D eigenvalue weighted by molar-refractivity contribution is -0.270. The molecule has 9 heteroatoms. The van der Waals surface area contributed by atoms with Crippen molar-refractivity contribution in [2.24, 2.45) is 5.92 Å². The number of esters is 1. The molecule has 0 radical (unpaired) electrons. The average Bonchev–Trinajstić information content (AvgIpc) is 2.21. The summed E-state index contributed by atoms with van der Waals surface area (Å²) >= 11 is 0. The molecular weight excluding hydrogens is 289 g/mol. The van der Waals surface area contributed by atoms with Gasteiger partial charge in [0.05, 0.1) is 6.10 Å². The fourth-order valence-corrected chi connectivity index (χ4v) is 1.16. The van der Waals surface area contributed by atoms with Gasteiger partial charge in [-0.3, -0.25) is 4.79 Å². The van der Waals surface area contributed by atoms with Gasteiger partial charge in [-0.2, -0.15) is 22.0 Å². The Kier molecular flexibility index (Phi) is 5.91. The standard InChI is InChI=1S/C11H16F5NO3/c1-5(2)7(8(18)20-6(3)4)17-9(19)10(12,13)11(14,15)16/h5-7H,1-4H3,(H,17,19)/t7-/m1/s1. The number of carbonyl (C=O) groups excluding carboxylic acids is 2. The van der Waals surface area contributed by atoms with Gasteiger partial charge in [-0.15, -0.1) is 0 Å². The number of hydrogen-bond donors (Lipinski definition) is 1. The zero-order valence-electron chi connectivity index (χ0n) is 11.3. The Hall–Kier alpha value is -1.41. The molecule has 20 heavy (non-hydrogen) atoms. The maximum absolute atomic E-state index is 12.8. The quantitative estimate of drug-likeness (QED) is 0.626. The van der Waals surface area contributed by atoms with E-state index in [9.17, 15) is 31.5 Å². The van der Waals surface area contributed by atoms with E-state index >= 15 is 0 Å². The van der Waals surface area contributed by atoms with Crippen LogP contribution >= 0.6 is 0 Å². The minimum Gasteiger partial charge on any atom is -0.461 e. The van der Waals surface area contributed by atoms with Crippen LogP contribution in [0.5, 0.6) is 0 Å². The fraction of sp³-hybridized carbons (Fsp3) is 0.818. The Bertz CT molecular complexity index is 366. The van der Waals surface area contributed by atoms with Crippen molar-refractivity contribution in [3.8, 4) is 0 Å². The molecule has 0 bridgehead atoms. The van der Waals surface area contributed by atoms with Crippen molar-refractivity contribution >= 4 is 11.9 Å². The molecule has 4 nitrogen and oxygen atoms in total. The highest BCUT2D eigenvalue weighted by atomic mass is 19.4. The van der Waals surface area contributed by atoms with E-state index in [0.717, 1.165) is 0 Å². The summed E-state index contributed by atoms with van der Waals surface area (Å²) in [5, 5.41) is 1.38. The molecule has 0 saturated carbocycles. The SMILES string of the molecule is CC(C)OC(=O)[C@H](NC(=O)C(F)(F)C(F)(F)F)C(C)C. The van der Waals surface area contributed by atoms with Crippen LogP contribution in [0.15, 0.2) is 0 Å². The molecule has 0 aromatic carbocycles. The van der Waals surface area contributed by atoms with Crippen LogP contribution in [0.1, 0.15) is 27.7 Å². The number of carbonyl (C=O) groups is 2. The molecule has 0 aliphatic rings. The first-order chi connectivity index (χ1) is 8.80. The molecule has 1 amide bonds. The van der Waals surface area contributed by atoms with Crippen molar-refractivity contribution in [2.75, 3.05) is 0 Å². The summed E-state index contributed by atoms with van der Waals surface area (Å²) < 4.78 is 66.3. The van der Waals surface area contributed by atoms with Crippen LogP contribution in [-0.2, 0) is 14.3 Å². The Labute approximate surface area is 112 Å². The largest absolute Gasteiger partial charge is 0.463 e. The number of rotatable bonds is 5. The van der Waals surface area contributed by atoms with E-state index in [0.29, 0.717) is 0 Å². The van der Waals surface area contributed by atoms with E-state index in [2.05, 4.69) is 0 Å². The third-order valence-electron chi connectivity index (χ3n) is 2.20. The van der Waals surface area contributed by atoms with E-state index in [1.807, 2.05) is 0 Å². The second-order valence-corrected chi connectivity index (χ2v) is 4.75. The first-order valence-electron chi connectivity index (χ1n) is 5.76. The summed E-state index contributed by atoms with van der Waals surface area (Å²) in [4.78, 5) is 22.6. The predicted octanol–water partition coefficient (Wildman–Crippen LogP) is 2.28. The van der Waals surface area contributed by atoms with Gasteiger partial charge in [-0.25, -0.2) is 4.79 Å². The van der Waals surface area contributed by atoms with Gasteiger partial charge in [-0.1, -0.05) is 13.8 Å². The smallest absolute Gasteiger partial charge is 0.461 e. The van der Waals surface area contributed by atoms with Crippen LogP contribution < -0.4 is 5.32 Å². The van der Waals surface area contributed by atoms with E-state index in [1.165, 1.54) is 33.0 Å². The molecule has 0 unspecified atom stereocenters. The van der Waals surface area contributed by atoms with Crippen molar-refractivity contribution in [3.05, 3.63) is 0 Å². The molecule has 118 valence electrons. The molecule has 0 aliphatic heterocycles. The Morgan fingerprint density at radius 1 is 1.00 bits per heavy atom. The molecule has 0 aromatic heterocycles. The Morgan fingerprint density at radius 2 is 1.45 bits per heavy atom. The van der Waals surface area contributed by atoms with Crippen LogP contribution in [0.25, 0.3) is 0 Å². The summed E-state index contributed by atoms with van der Waals surface area (Å²) in [5.74, 6) is -9.93. The van der Waals surface area contributed by atoms with E-state index < -0.39 is 42.0 Å². The van der Waals surface area contributed by atoms with Crippen molar-refractivity contribution < 1.29 is 36.3 Å². The number of alkyl halides is 5. The summed E-state index contributed by atoms with van der Waals surface area (Å²) in [5.41, 5.74) is 0. The van der Waals surface area contributed by atoms with Crippen LogP contribution in [0.2, 0.25) is 0 Å². The summed E-state index contributed by atoms with van der Waals surface area (Å²) in [6.07, 6.45) is -6.62. The van der Waals surface area contributed by atoms with Gasteiger partial charge < -0.3 is 10.1 Å². The van der Waals surface area contributed by atoms with Gasteiger partial charge in [0.25, 0.3) is 0 Å². The normalized spacial score (nSPS) is 14.3. The van der Waals surface area contributed by atoms with Gasteiger partial charge in [0, 0.05) is 0 Å². The lowest BCUT2D eigenvalue weighted by Crippen LogP contribution is -2.56. The first-order valence-corrected chi connectivity index (χ1v) is 5.76. The molecule has 1 atom stereocenters. The average molecular weight is 305 g/mol. The van der Waals surface area contributed by atoms with E-state index in [1.54, 1.807) is 0 Å². The zero-order chi connectivity index (χ0) is 16.3. The van der Waals surface area contributed by atoms with Crippen molar-refractivity contribution in [2.45, 2.75) is 51.9 Å². The number of nitrogens with one attached hydrogen (secondary N) is 1. The third kappa shape index (κ3) is 4.61. The highest BCUT2D eigenvalue weighted by molar-refractivity contribution is 5.89. The molecule has 0 heterocycles. The topological polar surface area (TPSA) is 55.4 Å². The number of ether oxygens (including phenoxy) is 1. The van der Waals surface area contributed by atoms with E-state index in [4.69, 9.17) is 4.74 Å². The van der Waals surface area contributed by atoms with Crippen LogP contribution in [0, 0.1) is 5.92 Å². The lowest BCUT2D eigenvalue weighted by atomic mass is 10.0. The second kappa shape index (κ2) is 6.36. The van der Waals surface area contributed by atoms with Gasteiger partial charge in [0.15, 0.2) is 0 Å². The molecule has 1 N–H and O–H groups in total. The zero-order valence-corrected chi connectivity index (χ0v) is 11.3. The molecule has 0 saturated heterocycles. The molecular formula is C11H16F5NO3. The Morgan fingerprint density at radius 3 is 1.75 bits per heavy atom. The van der Waals surface area contributed by atoms with E-state index in [-0.39, 0.29) is 0 Å². The molecule has 0 aromatic rings. The number of halogens is 5. The van der Waals surface area contributed by atoms with Crippen LogP contribution in [-0.4, -0.2) is 36.1 Å². The van der Waals surface area contributed by atoms with Crippen LogP contribution in [0.3, 0.4) is 0 Å². The lowest BCUT2D eigenvalue weighted by Gasteiger charge is -2.25. The van der Waals surface area contributed by atoms with Gasteiger partial charge >= 0.3 is 24.0 Å². The summed E-state index contributed by atoms with van der Waals surface area (Å²) in [6.45, 7) is 5.69. The van der Waals surface area contributed by atoms with Gasteiger partial charge in [0.1, 0.15) is 6.04 Å². The molecule has 0 rings (SSSR count). The minimum absolute atomic E-state index is 0.594. The highest BCUT2D eigenvalue weighted by Gasteiger charge is 2.63. The maximum Gasteiger partial charge on any atom is 0.463 e. The predicted molar refractivity (Wildman–Crippen MR) is 59.0 cm³/mol.